The molecule has 0 N–H and O–H groups in total. The van der Waals surface area contributed by atoms with E-state index < -0.39 is 0 Å². The molecule has 0 aromatic heterocycles. The lowest BCUT2D eigenvalue weighted by Gasteiger charge is -2.03. The van der Waals surface area contributed by atoms with Gasteiger partial charge in [0.25, 0.3) is 0 Å². The second-order valence-electron chi connectivity index (χ2n) is 2.23. The molecule has 1 rings (SSSR count). The Bertz CT molecular complexity index is 182. The summed E-state index contributed by atoms with van der Waals surface area (Å²) in [6.45, 7) is 2.00. The maximum Gasteiger partial charge on any atom is 0.121 e. The van der Waals surface area contributed by atoms with Crippen LogP contribution in [0.3, 0.4) is 0 Å². The SMILES string of the molecule is COC1=CCC(OC)=C1C. The maximum absolute atomic E-state index is 5.10. The molecule has 0 aromatic rings. The molecular formula is C8H12O2. The van der Waals surface area contributed by atoms with Crippen molar-refractivity contribution in [1.29, 1.82) is 0 Å². The first-order valence-electron chi connectivity index (χ1n) is 3.28. The zero-order chi connectivity index (χ0) is 7.56. The van der Waals surface area contributed by atoms with E-state index in [4.69, 9.17) is 9.47 Å². The summed E-state index contributed by atoms with van der Waals surface area (Å²) in [5.74, 6) is 1.95. The molecule has 0 aromatic carbocycles. The van der Waals surface area contributed by atoms with Crippen molar-refractivity contribution in [3.05, 3.63) is 23.2 Å². The van der Waals surface area contributed by atoms with Crippen LogP contribution < -0.4 is 0 Å². The average molecular weight is 140 g/mol. The Morgan fingerprint density at radius 3 is 2.30 bits per heavy atom. The molecule has 0 saturated carbocycles. The molecule has 1 aliphatic carbocycles. The van der Waals surface area contributed by atoms with Gasteiger partial charge >= 0.3 is 0 Å². The first-order chi connectivity index (χ1) is 4.79. The molecule has 0 saturated heterocycles. The van der Waals surface area contributed by atoms with E-state index in [9.17, 15) is 0 Å². The molecule has 56 valence electrons. The molecule has 2 heteroatoms. The maximum atomic E-state index is 5.10. The minimum Gasteiger partial charge on any atom is -0.500 e. The van der Waals surface area contributed by atoms with E-state index in [-0.39, 0.29) is 0 Å². The van der Waals surface area contributed by atoms with Crippen molar-refractivity contribution in [2.75, 3.05) is 14.2 Å². The number of rotatable bonds is 2. The van der Waals surface area contributed by atoms with Crippen LogP contribution in [0.2, 0.25) is 0 Å². The molecule has 1 aliphatic rings. The molecular weight excluding hydrogens is 128 g/mol. The number of allylic oxidation sites excluding steroid dienone is 2. The summed E-state index contributed by atoms with van der Waals surface area (Å²) in [7, 11) is 3.36. The van der Waals surface area contributed by atoms with Gasteiger partial charge in [-0.25, -0.2) is 0 Å². The van der Waals surface area contributed by atoms with Crippen molar-refractivity contribution < 1.29 is 9.47 Å². The van der Waals surface area contributed by atoms with E-state index in [0.29, 0.717) is 0 Å². The van der Waals surface area contributed by atoms with Gasteiger partial charge in [0, 0.05) is 12.0 Å². The normalized spacial score (nSPS) is 17.3. The Labute approximate surface area is 61.1 Å². The van der Waals surface area contributed by atoms with Gasteiger partial charge in [-0.1, -0.05) is 0 Å². The van der Waals surface area contributed by atoms with Crippen molar-refractivity contribution >= 4 is 0 Å². The van der Waals surface area contributed by atoms with Gasteiger partial charge in [-0.3, -0.25) is 0 Å². The van der Waals surface area contributed by atoms with Crippen LogP contribution >= 0.6 is 0 Å². The summed E-state index contributed by atoms with van der Waals surface area (Å²) in [6, 6.07) is 0. The van der Waals surface area contributed by atoms with Gasteiger partial charge in [-0.15, -0.1) is 0 Å². The second-order valence-corrected chi connectivity index (χ2v) is 2.23. The summed E-state index contributed by atoms with van der Waals surface area (Å²) in [5, 5.41) is 0. The van der Waals surface area contributed by atoms with Crippen LogP contribution in [0.5, 0.6) is 0 Å². The molecule has 0 unspecified atom stereocenters. The van der Waals surface area contributed by atoms with E-state index in [1.807, 2.05) is 13.0 Å². The number of methoxy groups -OCH3 is 2. The number of hydrogen-bond donors (Lipinski definition) is 0. The van der Waals surface area contributed by atoms with Gasteiger partial charge in [0.15, 0.2) is 0 Å². The Morgan fingerprint density at radius 2 is 2.00 bits per heavy atom. The van der Waals surface area contributed by atoms with E-state index in [2.05, 4.69) is 0 Å². The van der Waals surface area contributed by atoms with Gasteiger partial charge in [0.05, 0.1) is 14.2 Å². The Morgan fingerprint density at radius 1 is 1.30 bits per heavy atom. The Balaban J connectivity index is 2.75. The molecule has 0 radical (unpaired) electrons. The third-order valence-electron chi connectivity index (χ3n) is 1.73. The summed E-state index contributed by atoms with van der Waals surface area (Å²) < 4.78 is 10.2. The summed E-state index contributed by atoms with van der Waals surface area (Å²) >= 11 is 0. The first kappa shape index (κ1) is 7.19. The fourth-order valence-corrected chi connectivity index (χ4v) is 1.10. The predicted molar refractivity (Wildman–Crippen MR) is 39.4 cm³/mol. The Kier molecular flexibility index (Phi) is 2.00. The first-order valence-corrected chi connectivity index (χ1v) is 3.28. The highest BCUT2D eigenvalue weighted by Gasteiger charge is 2.13. The van der Waals surface area contributed by atoms with E-state index in [1.54, 1.807) is 14.2 Å². The lowest BCUT2D eigenvalue weighted by Crippen LogP contribution is -1.88. The quantitative estimate of drug-likeness (QED) is 0.582. The van der Waals surface area contributed by atoms with E-state index in [0.717, 1.165) is 23.5 Å². The molecule has 0 spiro atoms. The van der Waals surface area contributed by atoms with Crippen LogP contribution in [0.15, 0.2) is 23.2 Å². The fraction of sp³-hybridized carbons (Fsp3) is 0.500. The third-order valence-corrected chi connectivity index (χ3v) is 1.73. The van der Waals surface area contributed by atoms with Gasteiger partial charge in [-0.2, -0.15) is 0 Å². The van der Waals surface area contributed by atoms with Gasteiger partial charge in [0.1, 0.15) is 11.5 Å². The van der Waals surface area contributed by atoms with Crippen molar-refractivity contribution in [2.24, 2.45) is 0 Å². The van der Waals surface area contributed by atoms with Crippen molar-refractivity contribution in [2.45, 2.75) is 13.3 Å². The highest BCUT2D eigenvalue weighted by atomic mass is 16.5. The largest absolute Gasteiger partial charge is 0.500 e. The topological polar surface area (TPSA) is 18.5 Å². The predicted octanol–water partition coefficient (Wildman–Crippen LogP) is 1.84. The molecule has 10 heavy (non-hydrogen) atoms. The smallest absolute Gasteiger partial charge is 0.121 e. The van der Waals surface area contributed by atoms with Crippen molar-refractivity contribution in [1.82, 2.24) is 0 Å². The van der Waals surface area contributed by atoms with E-state index >= 15 is 0 Å². The van der Waals surface area contributed by atoms with Gasteiger partial charge < -0.3 is 9.47 Å². The van der Waals surface area contributed by atoms with E-state index in [1.165, 1.54) is 0 Å². The minimum atomic E-state index is 0.867. The van der Waals surface area contributed by atoms with Crippen molar-refractivity contribution in [3.8, 4) is 0 Å². The molecule has 0 fully saturated rings. The van der Waals surface area contributed by atoms with Gasteiger partial charge in [-0.05, 0) is 13.0 Å². The standard InChI is InChI=1S/C8H12O2/c1-6-7(9-2)4-5-8(6)10-3/h4H,5H2,1-3H3. The van der Waals surface area contributed by atoms with Crippen LogP contribution in [-0.4, -0.2) is 14.2 Å². The average Bonchev–Trinajstić information content (AvgIpc) is 2.30. The molecule has 0 heterocycles. The van der Waals surface area contributed by atoms with Crippen LogP contribution in [0.4, 0.5) is 0 Å². The number of ether oxygens (including phenoxy) is 2. The zero-order valence-corrected chi connectivity index (χ0v) is 6.60. The lowest BCUT2D eigenvalue weighted by molar-refractivity contribution is 0.275. The highest BCUT2D eigenvalue weighted by molar-refractivity contribution is 5.34. The molecule has 0 amide bonds. The summed E-state index contributed by atoms with van der Waals surface area (Å²) in [6.07, 6.45) is 2.89. The fourth-order valence-electron chi connectivity index (χ4n) is 1.10. The second kappa shape index (κ2) is 2.78. The molecule has 0 bridgehead atoms. The number of hydrogen-bond acceptors (Lipinski definition) is 2. The summed E-state index contributed by atoms with van der Waals surface area (Å²) in [4.78, 5) is 0. The van der Waals surface area contributed by atoms with Crippen LogP contribution in [0, 0.1) is 0 Å². The van der Waals surface area contributed by atoms with Crippen LogP contribution in [-0.2, 0) is 9.47 Å². The monoisotopic (exact) mass is 140 g/mol. The minimum absolute atomic E-state index is 0.867. The lowest BCUT2D eigenvalue weighted by atomic mass is 10.3. The Hall–Kier alpha value is -0.920. The molecule has 0 aliphatic heterocycles. The molecule has 0 atom stereocenters. The zero-order valence-electron chi connectivity index (χ0n) is 6.60. The van der Waals surface area contributed by atoms with Crippen molar-refractivity contribution in [3.63, 3.8) is 0 Å². The molecule has 2 nitrogen and oxygen atoms in total. The highest BCUT2D eigenvalue weighted by Crippen LogP contribution is 2.25. The van der Waals surface area contributed by atoms with Crippen LogP contribution in [0.25, 0.3) is 0 Å². The third kappa shape index (κ3) is 1.01. The van der Waals surface area contributed by atoms with Gasteiger partial charge in [0.2, 0.25) is 0 Å². The summed E-state index contributed by atoms with van der Waals surface area (Å²) in [5.41, 5.74) is 1.12. The van der Waals surface area contributed by atoms with Crippen LogP contribution in [0.1, 0.15) is 13.3 Å².